The van der Waals surface area contributed by atoms with Gasteiger partial charge in [-0.2, -0.15) is 0 Å². The van der Waals surface area contributed by atoms with Crippen molar-refractivity contribution >= 4 is 23.0 Å². The van der Waals surface area contributed by atoms with Crippen molar-refractivity contribution in [1.29, 1.82) is 0 Å². The number of benzene rings is 1. The molecule has 0 bridgehead atoms. The molecule has 2 rings (SSSR count). The number of rotatable bonds is 6. The second kappa shape index (κ2) is 7.88. The molecule has 0 radical (unpaired) electrons. The van der Waals surface area contributed by atoms with Gasteiger partial charge in [-0.3, -0.25) is 4.79 Å². The zero-order valence-corrected chi connectivity index (χ0v) is 15.1. The Kier molecular flexibility index (Phi) is 6.10. The second-order valence-corrected chi connectivity index (χ2v) is 7.49. The number of aliphatic hydroxyl groups is 1. The van der Waals surface area contributed by atoms with Gasteiger partial charge in [-0.05, 0) is 51.3 Å². The Labute approximate surface area is 145 Å². The van der Waals surface area contributed by atoms with Crippen molar-refractivity contribution in [2.45, 2.75) is 58.0 Å². The van der Waals surface area contributed by atoms with Gasteiger partial charge in [0.15, 0.2) is 0 Å². The Morgan fingerprint density at radius 1 is 1.33 bits per heavy atom. The maximum absolute atomic E-state index is 12.6. The van der Waals surface area contributed by atoms with Gasteiger partial charge in [-0.15, -0.1) is 0 Å². The van der Waals surface area contributed by atoms with Crippen LogP contribution in [0.15, 0.2) is 18.2 Å². The highest BCUT2D eigenvalue weighted by Gasteiger charge is 2.25. The second-order valence-electron chi connectivity index (χ2n) is 7.49. The topological polar surface area (TPSA) is 78.6 Å². The van der Waals surface area contributed by atoms with Crippen molar-refractivity contribution in [3.05, 3.63) is 18.2 Å². The third kappa shape index (κ3) is 5.13. The lowest BCUT2D eigenvalue weighted by Crippen LogP contribution is -2.34. The third-order valence-electron chi connectivity index (χ3n) is 4.76. The minimum atomic E-state index is -0.700. The summed E-state index contributed by atoms with van der Waals surface area (Å²) in [6.45, 7) is 4.21. The lowest BCUT2D eigenvalue weighted by atomic mass is 9.88. The molecule has 1 amide bonds. The Morgan fingerprint density at radius 3 is 2.58 bits per heavy atom. The largest absolute Gasteiger partial charge is 0.397 e. The van der Waals surface area contributed by atoms with E-state index in [0.29, 0.717) is 18.7 Å². The standard InChI is InChI=1S/C19H31N3O2/c1-19(2,24)11-12-21-17-10-9-15(13-16(17)20)22(3)18(23)14-7-5-4-6-8-14/h9-10,13-14,21,24H,4-8,11-12,20H2,1-3H3. The lowest BCUT2D eigenvalue weighted by Gasteiger charge is -2.27. The Hall–Kier alpha value is -1.75. The molecule has 0 spiro atoms. The van der Waals surface area contributed by atoms with Crippen LogP contribution in [0, 0.1) is 5.92 Å². The molecule has 0 heterocycles. The summed E-state index contributed by atoms with van der Waals surface area (Å²) < 4.78 is 0. The van der Waals surface area contributed by atoms with E-state index in [1.54, 1.807) is 18.7 Å². The van der Waals surface area contributed by atoms with Crippen LogP contribution in [0.4, 0.5) is 17.1 Å². The minimum absolute atomic E-state index is 0.148. The lowest BCUT2D eigenvalue weighted by molar-refractivity contribution is -0.123. The highest BCUT2D eigenvalue weighted by atomic mass is 16.3. The van der Waals surface area contributed by atoms with E-state index in [1.165, 1.54) is 6.42 Å². The van der Waals surface area contributed by atoms with Gasteiger partial charge in [0.1, 0.15) is 0 Å². The molecule has 0 aromatic heterocycles. The summed E-state index contributed by atoms with van der Waals surface area (Å²) in [7, 11) is 1.83. The predicted octanol–water partition coefficient (Wildman–Crippen LogP) is 3.38. The number of hydrogen-bond acceptors (Lipinski definition) is 4. The summed E-state index contributed by atoms with van der Waals surface area (Å²) in [6, 6.07) is 5.66. The van der Waals surface area contributed by atoms with E-state index in [0.717, 1.165) is 37.1 Å². The van der Waals surface area contributed by atoms with E-state index in [1.807, 2.05) is 25.2 Å². The number of nitrogens with zero attached hydrogens (tertiary/aromatic N) is 1. The summed E-state index contributed by atoms with van der Waals surface area (Å²) in [5, 5.41) is 13.0. The van der Waals surface area contributed by atoms with Crippen molar-refractivity contribution in [2.75, 3.05) is 29.5 Å². The van der Waals surface area contributed by atoms with Gasteiger partial charge < -0.3 is 21.1 Å². The van der Waals surface area contributed by atoms with Crippen LogP contribution in [0.3, 0.4) is 0 Å². The van der Waals surface area contributed by atoms with Crippen molar-refractivity contribution in [3.8, 4) is 0 Å². The molecule has 1 aliphatic rings. The summed E-state index contributed by atoms with van der Waals surface area (Å²) in [5.74, 6) is 0.339. The number of hydrogen-bond donors (Lipinski definition) is 3. The molecule has 0 saturated heterocycles. The van der Waals surface area contributed by atoms with Crippen LogP contribution < -0.4 is 16.0 Å². The van der Waals surface area contributed by atoms with Gasteiger partial charge in [0.25, 0.3) is 0 Å². The third-order valence-corrected chi connectivity index (χ3v) is 4.76. The van der Waals surface area contributed by atoms with E-state index in [2.05, 4.69) is 5.32 Å². The SMILES string of the molecule is CN(C(=O)C1CCCCC1)c1ccc(NCCC(C)(C)O)c(N)c1. The van der Waals surface area contributed by atoms with Gasteiger partial charge in [-0.1, -0.05) is 19.3 Å². The molecule has 134 valence electrons. The molecule has 0 aliphatic heterocycles. The molecule has 4 N–H and O–H groups in total. The quantitative estimate of drug-likeness (QED) is 0.697. The normalized spacial score (nSPS) is 16.0. The van der Waals surface area contributed by atoms with Crippen LogP contribution >= 0.6 is 0 Å². The van der Waals surface area contributed by atoms with E-state index >= 15 is 0 Å². The molecule has 1 aliphatic carbocycles. The molecule has 5 heteroatoms. The van der Waals surface area contributed by atoms with Crippen LogP contribution in [-0.4, -0.2) is 30.2 Å². The number of carbonyl (C=O) groups excluding carboxylic acids is 1. The Bertz CT molecular complexity index is 560. The fourth-order valence-corrected chi connectivity index (χ4v) is 3.17. The van der Waals surface area contributed by atoms with Crippen molar-refractivity contribution in [1.82, 2.24) is 0 Å². The number of nitrogens with one attached hydrogen (secondary N) is 1. The fraction of sp³-hybridized carbons (Fsp3) is 0.632. The average Bonchev–Trinajstić information content (AvgIpc) is 2.54. The highest BCUT2D eigenvalue weighted by molar-refractivity contribution is 5.95. The van der Waals surface area contributed by atoms with E-state index in [9.17, 15) is 9.90 Å². The molecular formula is C19H31N3O2. The molecule has 0 atom stereocenters. The molecule has 1 saturated carbocycles. The summed E-state index contributed by atoms with van der Waals surface area (Å²) >= 11 is 0. The van der Waals surface area contributed by atoms with E-state index < -0.39 is 5.60 Å². The maximum atomic E-state index is 12.6. The van der Waals surface area contributed by atoms with E-state index in [-0.39, 0.29) is 11.8 Å². The number of amides is 1. The van der Waals surface area contributed by atoms with Gasteiger partial charge in [0.05, 0.1) is 17.0 Å². The summed E-state index contributed by atoms with van der Waals surface area (Å²) in [6.07, 6.45) is 6.16. The summed E-state index contributed by atoms with van der Waals surface area (Å²) in [4.78, 5) is 14.3. The van der Waals surface area contributed by atoms with Crippen LogP contribution in [0.25, 0.3) is 0 Å². The maximum Gasteiger partial charge on any atom is 0.229 e. The van der Waals surface area contributed by atoms with Crippen LogP contribution in [0.2, 0.25) is 0 Å². The number of nitrogens with two attached hydrogens (primary N) is 1. The van der Waals surface area contributed by atoms with Crippen molar-refractivity contribution in [2.24, 2.45) is 5.92 Å². The molecule has 0 unspecified atom stereocenters. The molecular weight excluding hydrogens is 302 g/mol. The Balaban J connectivity index is 1.98. The summed E-state index contributed by atoms with van der Waals surface area (Å²) in [5.41, 5.74) is 7.71. The number of anilines is 3. The smallest absolute Gasteiger partial charge is 0.229 e. The highest BCUT2D eigenvalue weighted by Crippen LogP contribution is 2.29. The molecule has 1 aromatic carbocycles. The van der Waals surface area contributed by atoms with Crippen LogP contribution in [0.1, 0.15) is 52.4 Å². The molecule has 1 aromatic rings. The predicted molar refractivity (Wildman–Crippen MR) is 100 cm³/mol. The first kappa shape index (κ1) is 18.6. The first-order chi connectivity index (χ1) is 11.3. The van der Waals surface area contributed by atoms with Crippen molar-refractivity contribution in [3.63, 3.8) is 0 Å². The Morgan fingerprint density at radius 2 is 2.00 bits per heavy atom. The van der Waals surface area contributed by atoms with Gasteiger partial charge in [-0.25, -0.2) is 0 Å². The zero-order chi connectivity index (χ0) is 17.7. The molecule has 1 fully saturated rings. The van der Waals surface area contributed by atoms with Gasteiger partial charge in [0.2, 0.25) is 5.91 Å². The van der Waals surface area contributed by atoms with E-state index in [4.69, 9.17) is 5.73 Å². The monoisotopic (exact) mass is 333 g/mol. The van der Waals surface area contributed by atoms with Gasteiger partial charge in [0, 0.05) is 25.2 Å². The fourth-order valence-electron chi connectivity index (χ4n) is 3.17. The first-order valence-corrected chi connectivity index (χ1v) is 8.91. The van der Waals surface area contributed by atoms with Crippen LogP contribution in [0.5, 0.6) is 0 Å². The zero-order valence-electron chi connectivity index (χ0n) is 15.1. The number of carbonyl (C=O) groups is 1. The number of nitrogen functional groups attached to an aromatic ring is 1. The molecule has 24 heavy (non-hydrogen) atoms. The van der Waals surface area contributed by atoms with Crippen molar-refractivity contribution < 1.29 is 9.90 Å². The molecule has 5 nitrogen and oxygen atoms in total. The van der Waals surface area contributed by atoms with Crippen LogP contribution in [-0.2, 0) is 4.79 Å². The first-order valence-electron chi connectivity index (χ1n) is 8.91. The minimum Gasteiger partial charge on any atom is -0.397 e. The average molecular weight is 333 g/mol. The van der Waals surface area contributed by atoms with Gasteiger partial charge >= 0.3 is 0 Å².